The average molecular weight is 297 g/mol. The van der Waals surface area contributed by atoms with E-state index in [9.17, 15) is 0 Å². The summed E-state index contributed by atoms with van der Waals surface area (Å²) in [4.78, 5) is 2.37. The second-order valence-electron chi connectivity index (χ2n) is 5.20. The Morgan fingerprint density at radius 3 is 2.10 bits per heavy atom. The molecule has 0 amide bonds. The molecule has 4 heteroatoms. The minimum Gasteiger partial charge on any atom is -0.350 e. The van der Waals surface area contributed by atoms with Crippen molar-refractivity contribution in [3.63, 3.8) is 0 Å². The zero-order chi connectivity index (χ0) is 14.5. The van der Waals surface area contributed by atoms with Crippen LogP contribution in [0.4, 0.5) is 0 Å². The molecule has 0 aliphatic carbocycles. The van der Waals surface area contributed by atoms with E-state index in [0.29, 0.717) is 6.04 Å². The maximum Gasteiger partial charge on any atom is 0.168 e. The van der Waals surface area contributed by atoms with Crippen LogP contribution in [0.1, 0.15) is 17.2 Å². The quantitative estimate of drug-likeness (QED) is 0.849. The van der Waals surface area contributed by atoms with Gasteiger partial charge in [0.15, 0.2) is 5.11 Å². The van der Waals surface area contributed by atoms with Gasteiger partial charge in [-0.1, -0.05) is 60.7 Å². The summed E-state index contributed by atoms with van der Waals surface area (Å²) in [5.74, 6) is 0. The molecule has 108 valence electrons. The molecule has 1 saturated heterocycles. The topological polar surface area (TPSA) is 27.3 Å². The molecule has 0 bridgehead atoms. The maximum atomic E-state index is 5.14. The lowest BCUT2D eigenvalue weighted by molar-refractivity contribution is 0.172. The van der Waals surface area contributed by atoms with Crippen molar-refractivity contribution < 1.29 is 0 Å². The molecule has 0 radical (unpaired) electrons. The third kappa shape index (κ3) is 3.60. The van der Waals surface area contributed by atoms with Crippen LogP contribution in [-0.4, -0.2) is 23.3 Å². The van der Waals surface area contributed by atoms with Crippen LogP contribution in [-0.2, 0) is 6.42 Å². The van der Waals surface area contributed by atoms with Crippen LogP contribution in [0.3, 0.4) is 0 Å². The second-order valence-corrected chi connectivity index (χ2v) is 5.61. The lowest BCUT2D eigenvalue weighted by Crippen LogP contribution is -2.55. The van der Waals surface area contributed by atoms with E-state index in [1.807, 2.05) is 0 Å². The molecule has 1 aliphatic rings. The Labute approximate surface area is 131 Å². The van der Waals surface area contributed by atoms with E-state index in [2.05, 4.69) is 76.2 Å². The predicted octanol–water partition coefficient (Wildman–Crippen LogP) is 2.67. The number of nitrogens with zero attached hydrogens (tertiary/aromatic N) is 1. The zero-order valence-electron chi connectivity index (χ0n) is 11.8. The summed E-state index contributed by atoms with van der Waals surface area (Å²) in [6.07, 6.45) is 0.987. The Morgan fingerprint density at radius 2 is 1.48 bits per heavy atom. The van der Waals surface area contributed by atoms with E-state index >= 15 is 0 Å². The first-order chi connectivity index (χ1) is 10.3. The number of thiocarbonyl (C=S) groups is 1. The summed E-state index contributed by atoms with van der Waals surface area (Å²) in [6, 6.07) is 21.6. The van der Waals surface area contributed by atoms with Crippen molar-refractivity contribution in [1.29, 1.82) is 0 Å². The largest absolute Gasteiger partial charge is 0.350 e. The summed E-state index contributed by atoms with van der Waals surface area (Å²) in [6.45, 7) is 1.55. The SMILES string of the molecule is S=C1NCN([C@@H](Cc2ccccc2)c2ccccc2)CN1. The van der Waals surface area contributed by atoms with Crippen molar-refractivity contribution in [2.24, 2.45) is 0 Å². The van der Waals surface area contributed by atoms with Crippen molar-refractivity contribution in [3.8, 4) is 0 Å². The zero-order valence-corrected chi connectivity index (χ0v) is 12.6. The summed E-state index contributed by atoms with van der Waals surface area (Å²) < 4.78 is 0. The van der Waals surface area contributed by atoms with Gasteiger partial charge in [-0.25, -0.2) is 0 Å². The van der Waals surface area contributed by atoms with Gasteiger partial charge in [0.1, 0.15) is 0 Å². The fourth-order valence-electron chi connectivity index (χ4n) is 2.66. The average Bonchev–Trinajstić information content (AvgIpc) is 2.55. The highest BCUT2D eigenvalue weighted by Gasteiger charge is 2.23. The van der Waals surface area contributed by atoms with Gasteiger partial charge in [0.2, 0.25) is 0 Å². The van der Waals surface area contributed by atoms with E-state index in [1.165, 1.54) is 11.1 Å². The minimum atomic E-state index is 0.330. The van der Waals surface area contributed by atoms with Gasteiger partial charge in [-0.15, -0.1) is 0 Å². The molecule has 2 aromatic rings. The molecule has 1 atom stereocenters. The Balaban J connectivity index is 1.83. The monoisotopic (exact) mass is 297 g/mol. The molecule has 3 rings (SSSR count). The lowest BCUT2D eigenvalue weighted by Gasteiger charge is -2.36. The van der Waals surface area contributed by atoms with Crippen molar-refractivity contribution in [2.45, 2.75) is 12.5 Å². The highest BCUT2D eigenvalue weighted by atomic mass is 32.1. The summed E-state index contributed by atoms with van der Waals surface area (Å²) in [5, 5.41) is 7.16. The molecule has 1 aliphatic heterocycles. The molecule has 0 saturated carbocycles. The van der Waals surface area contributed by atoms with E-state index in [-0.39, 0.29) is 0 Å². The summed E-state index contributed by atoms with van der Waals surface area (Å²) >= 11 is 5.14. The summed E-state index contributed by atoms with van der Waals surface area (Å²) in [7, 11) is 0. The van der Waals surface area contributed by atoms with Crippen LogP contribution < -0.4 is 10.6 Å². The van der Waals surface area contributed by atoms with Gasteiger partial charge >= 0.3 is 0 Å². The van der Waals surface area contributed by atoms with Crippen LogP contribution in [0, 0.1) is 0 Å². The molecule has 1 fully saturated rings. The van der Waals surface area contributed by atoms with Crippen LogP contribution in [0.25, 0.3) is 0 Å². The van der Waals surface area contributed by atoms with E-state index in [1.54, 1.807) is 0 Å². The van der Waals surface area contributed by atoms with Crippen LogP contribution in [0.2, 0.25) is 0 Å². The first-order valence-electron chi connectivity index (χ1n) is 7.17. The first-order valence-corrected chi connectivity index (χ1v) is 7.58. The predicted molar refractivity (Wildman–Crippen MR) is 89.8 cm³/mol. The van der Waals surface area contributed by atoms with Crippen LogP contribution >= 0.6 is 12.2 Å². The molecule has 21 heavy (non-hydrogen) atoms. The van der Waals surface area contributed by atoms with Gasteiger partial charge < -0.3 is 10.6 Å². The minimum absolute atomic E-state index is 0.330. The highest BCUT2D eigenvalue weighted by Crippen LogP contribution is 2.24. The standard InChI is InChI=1S/C17H19N3S/c21-17-18-12-20(13-19-17)16(15-9-5-2-6-10-15)11-14-7-3-1-4-8-14/h1-10,16H,11-13H2,(H2,18,19,21)/t16-/m0/s1. The molecule has 0 unspecified atom stereocenters. The van der Waals surface area contributed by atoms with Gasteiger partial charge in [-0.05, 0) is 29.8 Å². The van der Waals surface area contributed by atoms with Gasteiger partial charge in [-0.3, -0.25) is 4.90 Å². The molecule has 1 heterocycles. The Hall–Kier alpha value is -1.91. The highest BCUT2D eigenvalue weighted by molar-refractivity contribution is 7.80. The van der Waals surface area contributed by atoms with Gasteiger partial charge in [0.25, 0.3) is 0 Å². The van der Waals surface area contributed by atoms with E-state index in [0.717, 1.165) is 24.9 Å². The number of rotatable bonds is 4. The van der Waals surface area contributed by atoms with Crippen molar-refractivity contribution in [1.82, 2.24) is 15.5 Å². The Bertz CT molecular complexity index is 575. The third-order valence-electron chi connectivity index (χ3n) is 3.78. The van der Waals surface area contributed by atoms with Crippen molar-refractivity contribution in [3.05, 3.63) is 71.8 Å². The van der Waals surface area contributed by atoms with Crippen molar-refractivity contribution >= 4 is 17.3 Å². The molecular weight excluding hydrogens is 278 g/mol. The lowest BCUT2D eigenvalue weighted by atomic mass is 9.97. The van der Waals surface area contributed by atoms with Crippen molar-refractivity contribution in [2.75, 3.05) is 13.3 Å². The molecule has 2 aromatic carbocycles. The number of nitrogens with one attached hydrogen (secondary N) is 2. The van der Waals surface area contributed by atoms with Gasteiger partial charge in [-0.2, -0.15) is 0 Å². The molecule has 0 spiro atoms. The fourth-order valence-corrected chi connectivity index (χ4v) is 2.78. The van der Waals surface area contributed by atoms with Crippen LogP contribution in [0.5, 0.6) is 0 Å². The normalized spacial score (nSPS) is 16.9. The first kappa shape index (κ1) is 14.0. The molecular formula is C17H19N3S. The number of hydrogen-bond acceptors (Lipinski definition) is 2. The van der Waals surface area contributed by atoms with E-state index < -0.39 is 0 Å². The fraction of sp³-hybridized carbons (Fsp3) is 0.235. The Kier molecular flexibility index (Phi) is 4.48. The van der Waals surface area contributed by atoms with Gasteiger partial charge in [0, 0.05) is 6.04 Å². The summed E-state index contributed by atoms with van der Waals surface area (Å²) in [5.41, 5.74) is 2.68. The Morgan fingerprint density at radius 1 is 0.905 bits per heavy atom. The molecule has 2 N–H and O–H groups in total. The molecule has 0 aromatic heterocycles. The van der Waals surface area contributed by atoms with E-state index in [4.69, 9.17) is 12.2 Å². The number of hydrogen-bond donors (Lipinski definition) is 2. The maximum absolute atomic E-state index is 5.14. The number of benzene rings is 2. The molecule has 3 nitrogen and oxygen atoms in total. The smallest absolute Gasteiger partial charge is 0.168 e. The van der Waals surface area contributed by atoms with Gasteiger partial charge in [0.05, 0.1) is 13.3 Å². The third-order valence-corrected chi connectivity index (χ3v) is 4.07. The second kappa shape index (κ2) is 6.70. The van der Waals surface area contributed by atoms with Crippen LogP contribution in [0.15, 0.2) is 60.7 Å².